The Hall–Kier alpha value is -4.94. The summed E-state index contributed by atoms with van der Waals surface area (Å²) >= 11 is 11.9. The van der Waals surface area contributed by atoms with Gasteiger partial charge in [-0.05, 0) is 47.5 Å². The number of benzene rings is 2. The van der Waals surface area contributed by atoms with Gasteiger partial charge in [-0.2, -0.15) is 0 Å². The van der Waals surface area contributed by atoms with Crippen LogP contribution in [0, 0.1) is 20.2 Å². The Bertz CT molecular complexity index is 1670. The number of nitrogens with zero attached hydrogens (tertiary/aromatic N) is 6. The van der Waals surface area contributed by atoms with Crippen molar-refractivity contribution >= 4 is 56.6 Å². The van der Waals surface area contributed by atoms with E-state index in [4.69, 9.17) is 23.2 Å². The second-order valence-corrected chi connectivity index (χ2v) is 8.54. The molecule has 2 N–H and O–H groups in total. The minimum Gasteiger partial charge on any atom is -0.339 e. The van der Waals surface area contributed by atoms with Gasteiger partial charge in [0.1, 0.15) is 34.3 Å². The average Bonchev–Trinajstić information content (AvgIpc) is 3.56. The summed E-state index contributed by atoms with van der Waals surface area (Å²) in [6.45, 7) is 0. The molecule has 0 aliphatic heterocycles. The van der Waals surface area contributed by atoms with Crippen molar-refractivity contribution in [1.82, 2.24) is 29.9 Å². The van der Waals surface area contributed by atoms with Crippen LogP contribution < -0.4 is 0 Å². The lowest BCUT2D eigenvalue weighted by molar-refractivity contribution is -0.385. The summed E-state index contributed by atoms with van der Waals surface area (Å²) in [5.74, 6) is 0. The van der Waals surface area contributed by atoms with E-state index in [1.807, 2.05) is 12.1 Å². The number of non-ortho nitro benzene ring substituents is 2. The molecule has 0 radical (unpaired) electrons. The van der Waals surface area contributed by atoms with Crippen molar-refractivity contribution in [2.24, 2.45) is 0 Å². The first-order chi connectivity index (χ1) is 18.3. The minimum absolute atomic E-state index is 0.0534. The van der Waals surface area contributed by atoms with Crippen LogP contribution in [0.2, 0.25) is 10.3 Å². The van der Waals surface area contributed by atoms with Crippen LogP contribution in [0.25, 0.3) is 44.6 Å². The number of hydrogen-bond acceptors (Lipinski definition) is 8. The molecule has 188 valence electrons. The van der Waals surface area contributed by atoms with E-state index in [1.165, 1.54) is 36.9 Å². The molecule has 0 atom stereocenters. The molecule has 0 saturated heterocycles. The first-order valence-corrected chi connectivity index (χ1v) is 11.5. The van der Waals surface area contributed by atoms with E-state index in [1.54, 1.807) is 24.3 Å². The van der Waals surface area contributed by atoms with Crippen molar-refractivity contribution in [2.45, 2.75) is 0 Å². The van der Waals surface area contributed by atoms with Gasteiger partial charge in [-0.3, -0.25) is 20.2 Å². The number of aromatic amines is 2. The van der Waals surface area contributed by atoms with Gasteiger partial charge < -0.3 is 9.97 Å². The molecule has 6 aromatic rings. The fraction of sp³-hybridized carbons (Fsp3) is 0. The molecule has 4 heterocycles. The molecule has 0 bridgehead atoms. The molecule has 0 saturated carbocycles. The lowest BCUT2D eigenvalue weighted by Crippen LogP contribution is -1.87. The maximum atomic E-state index is 10.6. The zero-order chi connectivity index (χ0) is 26.8. The van der Waals surface area contributed by atoms with Crippen LogP contribution in [-0.2, 0) is 0 Å². The molecule has 0 unspecified atom stereocenters. The van der Waals surface area contributed by atoms with Crippen LogP contribution in [0.4, 0.5) is 11.4 Å². The van der Waals surface area contributed by atoms with Crippen molar-refractivity contribution in [3.63, 3.8) is 0 Å². The van der Waals surface area contributed by atoms with E-state index in [-0.39, 0.29) is 11.4 Å². The number of halogens is 2. The van der Waals surface area contributed by atoms with E-state index < -0.39 is 9.85 Å². The van der Waals surface area contributed by atoms with E-state index >= 15 is 0 Å². The van der Waals surface area contributed by atoms with E-state index in [0.29, 0.717) is 21.6 Å². The lowest BCUT2D eigenvalue weighted by atomic mass is 10.1. The monoisotopic (exact) mass is 548 g/mol. The van der Waals surface area contributed by atoms with Gasteiger partial charge in [0, 0.05) is 35.7 Å². The van der Waals surface area contributed by atoms with Crippen molar-refractivity contribution in [3.05, 3.63) is 104 Å². The summed E-state index contributed by atoms with van der Waals surface area (Å²) < 4.78 is 0. The standard InChI is InChI=1S/2C12H7ClN4O2/c2*13-11-9-5-10(16-12(9)15-6-14-11)7-1-3-8(4-2-7)17(18)19/h2*1-6H,(H,14,15,16). The lowest BCUT2D eigenvalue weighted by Gasteiger charge is -1.96. The van der Waals surface area contributed by atoms with Crippen LogP contribution in [0.5, 0.6) is 0 Å². The molecule has 12 nitrogen and oxygen atoms in total. The third-order valence-electron chi connectivity index (χ3n) is 5.53. The van der Waals surface area contributed by atoms with Gasteiger partial charge in [-0.25, -0.2) is 19.9 Å². The summed E-state index contributed by atoms with van der Waals surface area (Å²) in [7, 11) is 0. The van der Waals surface area contributed by atoms with Crippen molar-refractivity contribution < 1.29 is 9.85 Å². The molecule has 2 aromatic carbocycles. The van der Waals surface area contributed by atoms with Gasteiger partial charge in [0.05, 0.1) is 20.6 Å². The Balaban J connectivity index is 0.000000155. The van der Waals surface area contributed by atoms with Gasteiger partial charge in [0.2, 0.25) is 0 Å². The third-order valence-corrected chi connectivity index (χ3v) is 6.13. The fourth-order valence-corrected chi connectivity index (χ4v) is 4.03. The average molecular weight is 549 g/mol. The number of H-pyrrole nitrogens is 2. The van der Waals surface area contributed by atoms with Crippen LogP contribution in [0.3, 0.4) is 0 Å². The molecular formula is C24H14Cl2N8O4. The van der Waals surface area contributed by atoms with Gasteiger partial charge in [-0.1, -0.05) is 23.2 Å². The van der Waals surface area contributed by atoms with Crippen molar-refractivity contribution in [2.75, 3.05) is 0 Å². The number of nitro benzene ring substituents is 2. The summed E-state index contributed by atoms with van der Waals surface area (Å²) in [5.41, 5.74) is 4.58. The predicted octanol–water partition coefficient (Wildman–Crippen LogP) is 6.37. The Kier molecular flexibility index (Phi) is 6.64. The first-order valence-electron chi connectivity index (χ1n) is 10.8. The highest BCUT2D eigenvalue weighted by Crippen LogP contribution is 2.29. The summed E-state index contributed by atoms with van der Waals surface area (Å²) in [6, 6.07) is 16.1. The van der Waals surface area contributed by atoms with Gasteiger partial charge >= 0.3 is 0 Å². The predicted molar refractivity (Wildman–Crippen MR) is 142 cm³/mol. The summed E-state index contributed by atoms with van der Waals surface area (Å²) in [6.07, 6.45) is 2.75. The number of fused-ring (bicyclic) bond motifs is 2. The Labute approximate surface area is 222 Å². The van der Waals surface area contributed by atoms with Crippen molar-refractivity contribution in [1.29, 1.82) is 0 Å². The number of nitrogens with one attached hydrogen (secondary N) is 2. The number of rotatable bonds is 4. The largest absolute Gasteiger partial charge is 0.339 e. The molecule has 0 amide bonds. The quantitative estimate of drug-likeness (QED) is 0.145. The van der Waals surface area contributed by atoms with E-state index in [0.717, 1.165) is 33.3 Å². The van der Waals surface area contributed by atoms with Gasteiger partial charge in [0.15, 0.2) is 0 Å². The molecule has 0 aliphatic rings. The number of aromatic nitrogens is 6. The van der Waals surface area contributed by atoms with E-state index in [2.05, 4.69) is 29.9 Å². The smallest absolute Gasteiger partial charge is 0.269 e. The van der Waals surface area contributed by atoms with E-state index in [9.17, 15) is 20.2 Å². The fourth-order valence-electron chi connectivity index (χ4n) is 3.66. The second kappa shape index (κ2) is 10.2. The molecule has 4 aromatic heterocycles. The molecule has 14 heteroatoms. The Morgan fingerprint density at radius 1 is 0.605 bits per heavy atom. The maximum absolute atomic E-state index is 10.6. The van der Waals surface area contributed by atoms with Gasteiger partial charge in [0.25, 0.3) is 11.4 Å². The number of nitro groups is 2. The summed E-state index contributed by atoms with van der Waals surface area (Å²) in [5, 5.41) is 23.4. The normalized spacial score (nSPS) is 10.8. The highest BCUT2D eigenvalue weighted by molar-refractivity contribution is 6.34. The van der Waals surface area contributed by atoms with Crippen LogP contribution in [0.15, 0.2) is 73.3 Å². The molecule has 0 fully saturated rings. The first kappa shape index (κ1) is 24.7. The Morgan fingerprint density at radius 2 is 0.974 bits per heavy atom. The summed E-state index contributed by atoms with van der Waals surface area (Å²) in [4.78, 5) is 42.5. The number of hydrogen-bond donors (Lipinski definition) is 2. The van der Waals surface area contributed by atoms with Gasteiger partial charge in [-0.15, -0.1) is 0 Å². The zero-order valence-electron chi connectivity index (χ0n) is 19.0. The Morgan fingerprint density at radius 3 is 1.29 bits per heavy atom. The molecule has 0 spiro atoms. The molecule has 6 rings (SSSR count). The zero-order valence-corrected chi connectivity index (χ0v) is 20.5. The SMILES string of the molecule is O=[N+]([O-])c1ccc(-c2cc3c(Cl)ncnc3[nH]2)cc1.O=[N+]([O-])c1ccc(-c2cc3c(Cl)ncnc3[nH]2)cc1. The van der Waals surface area contributed by atoms with Crippen LogP contribution in [0.1, 0.15) is 0 Å². The third kappa shape index (κ3) is 4.98. The highest BCUT2D eigenvalue weighted by atomic mass is 35.5. The van der Waals surface area contributed by atoms with Crippen LogP contribution >= 0.6 is 23.2 Å². The maximum Gasteiger partial charge on any atom is 0.269 e. The molecule has 38 heavy (non-hydrogen) atoms. The minimum atomic E-state index is -0.433. The highest BCUT2D eigenvalue weighted by Gasteiger charge is 2.11. The topological polar surface area (TPSA) is 169 Å². The molecular weight excluding hydrogens is 535 g/mol. The van der Waals surface area contributed by atoms with Crippen LogP contribution in [-0.4, -0.2) is 39.8 Å². The second-order valence-electron chi connectivity index (χ2n) is 7.83. The molecule has 0 aliphatic carbocycles. The van der Waals surface area contributed by atoms with Crippen molar-refractivity contribution in [3.8, 4) is 22.5 Å².